The standard InChI is InChI=1S/C25H23FN2O2/c1-19-9-11-20(12-10-19)16-27-13-3-7-23(27)17-28(18-24-8-4-14-30-24)25(29)21-5-2-6-22(26)15-21/h2-15H,16-18H2,1H3. The zero-order chi connectivity index (χ0) is 20.9. The van der Waals surface area contributed by atoms with Crippen molar-refractivity contribution in [3.05, 3.63) is 119 Å². The van der Waals surface area contributed by atoms with Crippen LogP contribution in [0.5, 0.6) is 0 Å². The van der Waals surface area contributed by atoms with Crippen molar-refractivity contribution in [2.75, 3.05) is 0 Å². The molecule has 5 heteroatoms. The van der Waals surface area contributed by atoms with E-state index >= 15 is 0 Å². The monoisotopic (exact) mass is 402 g/mol. The highest BCUT2D eigenvalue weighted by Crippen LogP contribution is 2.17. The lowest BCUT2D eigenvalue weighted by atomic mass is 10.1. The maximum absolute atomic E-state index is 13.7. The van der Waals surface area contributed by atoms with Crippen molar-refractivity contribution in [3.63, 3.8) is 0 Å². The van der Waals surface area contributed by atoms with Crippen molar-refractivity contribution in [3.8, 4) is 0 Å². The van der Waals surface area contributed by atoms with Crippen LogP contribution in [0, 0.1) is 12.7 Å². The molecule has 0 radical (unpaired) electrons. The maximum Gasteiger partial charge on any atom is 0.254 e. The molecule has 4 rings (SSSR count). The van der Waals surface area contributed by atoms with Gasteiger partial charge in [-0.25, -0.2) is 4.39 Å². The summed E-state index contributed by atoms with van der Waals surface area (Å²) >= 11 is 0. The molecule has 0 aliphatic carbocycles. The Kier molecular flexibility index (Phi) is 5.80. The van der Waals surface area contributed by atoms with Crippen LogP contribution >= 0.6 is 0 Å². The SMILES string of the molecule is Cc1ccc(Cn2cccc2CN(Cc2ccco2)C(=O)c2cccc(F)c2)cc1. The number of aryl methyl sites for hydroxylation is 1. The van der Waals surface area contributed by atoms with Crippen LogP contribution in [0.1, 0.15) is 32.9 Å². The zero-order valence-electron chi connectivity index (χ0n) is 16.8. The summed E-state index contributed by atoms with van der Waals surface area (Å²) in [4.78, 5) is 14.8. The van der Waals surface area contributed by atoms with Gasteiger partial charge in [-0.05, 0) is 55.0 Å². The van der Waals surface area contributed by atoms with Crippen LogP contribution in [0.2, 0.25) is 0 Å². The summed E-state index contributed by atoms with van der Waals surface area (Å²) in [5.41, 5.74) is 3.72. The van der Waals surface area contributed by atoms with E-state index in [1.807, 2.05) is 24.4 Å². The molecule has 0 aliphatic heterocycles. The average Bonchev–Trinajstić information content (AvgIpc) is 3.41. The highest BCUT2D eigenvalue weighted by atomic mass is 19.1. The molecule has 152 valence electrons. The third-order valence-electron chi connectivity index (χ3n) is 5.04. The Bertz CT molecular complexity index is 1110. The van der Waals surface area contributed by atoms with Crippen LogP contribution in [0.25, 0.3) is 0 Å². The first-order valence-corrected chi connectivity index (χ1v) is 9.85. The quantitative estimate of drug-likeness (QED) is 0.414. The van der Waals surface area contributed by atoms with Gasteiger partial charge in [0.15, 0.2) is 0 Å². The van der Waals surface area contributed by atoms with Gasteiger partial charge in [0.1, 0.15) is 11.6 Å². The van der Waals surface area contributed by atoms with E-state index in [4.69, 9.17) is 4.42 Å². The largest absolute Gasteiger partial charge is 0.467 e. The highest BCUT2D eigenvalue weighted by Gasteiger charge is 2.19. The van der Waals surface area contributed by atoms with Gasteiger partial charge in [-0.15, -0.1) is 0 Å². The van der Waals surface area contributed by atoms with Crippen molar-refractivity contribution < 1.29 is 13.6 Å². The van der Waals surface area contributed by atoms with Crippen LogP contribution < -0.4 is 0 Å². The Morgan fingerprint density at radius 1 is 1.00 bits per heavy atom. The highest BCUT2D eigenvalue weighted by molar-refractivity contribution is 5.94. The van der Waals surface area contributed by atoms with Crippen LogP contribution in [0.15, 0.2) is 89.7 Å². The molecule has 0 N–H and O–H groups in total. The number of benzene rings is 2. The molecule has 2 aromatic carbocycles. The van der Waals surface area contributed by atoms with E-state index in [0.29, 0.717) is 31.0 Å². The first kappa shape index (κ1) is 19.7. The van der Waals surface area contributed by atoms with E-state index in [0.717, 1.165) is 5.69 Å². The van der Waals surface area contributed by atoms with Crippen molar-refractivity contribution in [2.24, 2.45) is 0 Å². The third-order valence-corrected chi connectivity index (χ3v) is 5.04. The Labute approximate surface area is 175 Å². The minimum Gasteiger partial charge on any atom is -0.467 e. The first-order valence-electron chi connectivity index (χ1n) is 9.85. The maximum atomic E-state index is 13.7. The summed E-state index contributed by atoms with van der Waals surface area (Å²) in [6.45, 7) is 3.47. The van der Waals surface area contributed by atoms with E-state index in [1.165, 1.54) is 23.3 Å². The summed E-state index contributed by atoms with van der Waals surface area (Å²) < 4.78 is 21.3. The molecule has 4 nitrogen and oxygen atoms in total. The molecule has 1 amide bonds. The molecule has 0 aliphatic rings. The molecule has 2 aromatic heterocycles. The molecule has 0 spiro atoms. The number of halogens is 1. The van der Waals surface area contributed by atoms with Crippen molar-refractivity contribution in [2.45, 2.75) is 26.6 Å². The number of carbonyl (C=O) groups is 1. The van der Waals surface area contributed by atoms with Gasteiger partial charge in [0.2, 0.25) is 0 Å². The predicted molar refractivity (Wildman–Crippen MR) is 113 cm³/mol. The molecule has 0 unspecified atom stereocenters. The fourth-order valence-electron chi connectivity index (χ4n) is 3.43. The Morgan fingerprint density at radius 3 is 2.57 bits per heavy atom. The zero-order valence-corrected chi connectivity index (χ0v) is 16.8. The van der Waals surface area contributed by atoms with Gasteiger partial charge < -0.3 is 13.9 Å². The first-order chi connectivity index (χ1) is 14.6. The second kappa shape index (κ2) is 8.82. The molecule has 0 bridgehead atoms. The Hall–Kier alpha value is -3.60. The molecule has 0 saturated heterocycles. The molecule has 30 heavy (non-hydrogen) atoms. The summed E-state index contributed by atoms with van der Waals surface area (Å²) in [5, 5.41) is 0. The number of nitrogens with zero attached hydrogens (tertiary/aromatic N) is 2. The molecule has 0 saturated carbocycles. The number of amides is 1. The summed E-state index contributed by atoms with van der Waals surface area (Å²) in [7, 11) is 0. The van der Waals surface area contributed by atoms with E-state index in [-0.39, 0.29) is 5.91 Å². The van der Waals surface area contributed by atoms with E-state index < -0.39 is 5.82 Å². The minimum absolute atomic E-state index is 0.242. The van der Waals surface area contributed by atoms with Crippen LogP contribution in [-0.4, -0.2) is 15.4 Å². The number of furan rings is 1. The summed E-state index contributed by atoms with van der Waals surface area (Å²) in [6, 6.07) is 21.8. The molecule has 0 atom stereocenters. The topological polar surface area (TPSA) is 38.4 Å². The number of carbonyl (C=O) groups excluding carboxylic acids is 1. The number of aromatic nitrogens is 1. The summed E-state index contributed by atoms with van der Waals surface area (Å²) in [5.74, 6) is 0.00641. The van der Waals surface area contributed by atoms with Crippen molar-refractivity contribution in [1.82, 2.24) is 9.47 Å². The second-order valence-corrected chi connectivity index (χ2v) is 7.36. The van der Waals surface area contributed by atoms with Gasteiger partial charge in [0.25, 0.3) is 5.91 Å². The van der Waals surface area contributed by atoms with Gasteiger partial charge >= 0.3 is 0 Å². The Balaban J connectivity index is 1.58. The van der Waals surface area contributed by atoms with Crippen LogP contribution in [0.4, 0.5) is 4.39 Å². The number of rotatable bonds is 7. The predicted octanol–water partition coefficient (Wildman–Crippen LogP) is 5.42. The molecular formula is C25H23FN2O2. The number of hydrogen-bond acceptors (Lipinski definition) is 2. The van der Waals surface area contributed by atoms with Crippen LogP contribution in [-0.2, 0) is 19.6 Å². The minimum atomic E-state index is -0.429. The molecular weight excluding hydrogens is 379 g/mol. The molecule has 4 aromatic rings. The third kappa shape index (κ3) is 4.69. The van der Waals surface area contributed by atoms with Gasteiger partial charge in [-0.1, -0.05) is 35.9 Å². The van der Waals surface area contributed by atoms with Gasteiger partial charge in [0.05, 0.1) is 19.4 Å². The van der Waals surface area contributed by atoms with E-state index in [9.17, 15) is 9.18 Å². The van der Waals surface area contributed by atoms with E-state index in [2.05, 4.69) is 35.8 Å². The fraction of sp³-hybridized carbons (Fsp3) is 0.160. The van der Waals surface area contributed by atoms with Gasteiger partial charge in [0, 0.05) is 24.0 Å². The number of hydrogen-bond donors (Lipinski definition) is 0. The van der Waals surface area contributed by atoms with Gasteiger partial charge in [-0.2, -0.15) is 0 Å². The lowest BCUT2D eigenvalue weighted by Crippen LogP contribution is -2.31. The van der Waals surface area contributed by atoms with Gasteiger partial charge in [-0.3, -0.25) is 4.79 Å². The van der Waals surface area contributed by atoms with Crippen molar-refractivity contribution in [1.29, 1.82) is 0 Å². The lowest BCUT2D eigenvalue weighted by Gasteiger charge is -2.23. The average molecular weight is 402 g/mol. The normalized spacial score (nSPS) is 10.9. The molecule has 2 heterocycles. The van der Waals surface area contributed by atoms with Crippen LogP contribution in [0.3, 0.4) is 0 Å². The fourth-order valence-corrected chi connectivity index (χ4v) is 3.43. The van der Waals surface area contributed by atoms with E-state index in [1.54, 1.807) is 29.4 Å². The molecule has 0 fully saturated rings. The smallest absolute Gasteiger partial charge is 0.254 e. The second-order valence-electron chi connectivity index (χ2n) is 7.36. The van der Waals surface area contributed by atoms with Crippen molar-refractivity contribution >= 4 is 5.91 Å². The summed E-state index contributed by atoms with van der Waals surface area (Å²) in [6.07, 6.45) is 3.59. The lowest BCUT2D eigenvalue weighted by molar-refractivity contribution is 0.0713. The Morgan fingerprint density at radius 2 is 1.83 bits per heavy atom.